The van der Waals surface area contributed by atoms with E-state index in [4.69, 9.17) is 31.6 Å². The molecule has 0 radical (unpaired) electrons. The Morgan fingerprint density at radius 3 is 1.33 bits per heavy atom. The first kappa shape index (κ1) is 34.8. The number of fused-ring (bicyclic) bond motifs is 12. The second-order valence-corrected chi connectivity index (χ2v) is 13.6. The van der Waals surface area contributed by atoms with Crippen molar-refractivity contribution in [1.29, 1.82) is 0 Å². The first-order valence-corrected chi connectivity index (χ1v) is 18.0. The molecule has 10 rings (SSSR count). The third-order valence-corrected chi connectivity index (χ3v) is 9.66. The quantitative estimate of drug-likeness (QED) is 0.136. The molecule has 54 heavy (non-hydrogen) atoms. The molecule has 2 N–H and O–H groups in total. The Morgan fingerprint density at radius 1 is 0.444 bits per heavy atom. The van der Waals surface area contributed by atoms with Crippen molar-refractivity contribution in [1.82, 2.24) is 19.9 Å². The van der Waals surface area contributed by atoms with Crippen LogP contribution in [0.2, 0.25) is 5.15 Å². The lowest BCUT2D eigenvalue weighted by Gasteiger charge is -2.10. The first-order chi connectivity index (χ1) is 26.4. The van der Waals surface area contributed by atoms with Crippen molar-refractivity contribution in [3.8, 4) is 11.3 Å². The van der Waals surface area contributed by atoms with Crippen LogP contribution in [0, 0.1) is 13.8 Å². The van der Waals surface area contributed by atoms with Crippen LogP contribution in [0.3, 0.4) is 0 Å². The molecule has 0 aliphatic rings. The van der Waals surface area contributed by atoms with Crippen LogP contribution in [-0.2, 0) is 0 Å². The van der Waals surface area contributed by atoms with Gasteiger partial charge in [-0.25, -0.2) is 9.97 Å². The highest BCUT2D eigenvalue weighted by atomic mass is 35.5. The Bertz CT molecular complexity index is 2920. The van der Waals surface area contributed by atoms with Crippen molar-refractivity contribution in [2.24, 2.45) is 0 Å². The van der Waals surface area contributed by atoms with Gasteiger partial charge in [-0.05, 0) is 46.9 Å². The summed E-state index contributed by atoms with van der Waals surface area (Å²) in [5.74, 6) is 0. The van der Waals surface area contributed by atoms with Crippen molar-refractivity contribution >= 4 is 89.3 Å². The molecule has 0 saturated heterocycles. The fourth-order valence-corrected chi connectivity index (χ4v) is 7.13. The van der Waals surface area contributed by atoms with Crippen LogP contribution in [-0.4, -0.2) is 37.1 Å². The van der Waals surface area contributed by atoms with E-state index in [1.807, 2.05) is 43.5 Å². The Morgan fingerprint density at radius 2 is 0.870 bits per heavy atom. The molecule has 6 nitrogen and oxygen atoms in total. The number of benzene rings is 8. The standard InChI is InChI=1S/C23H16N2.C16H9ClN2.C7H9BO2/c1-15-7-6-8-16(13-15)21-14-24-22-19-11-4-2-9-17(19)18-10-3-5-12-20(18)23(22)25-21;17-14-9-18-15-12-7-3-1-5-10(12)11-6-2-4-8-13(11)16(15)19-14;1-6-3-2-4-7(5-6)8(9)10/h2-14H,1H3;1-9H;2-5,9-10H,1H3. The van der Waals surface area contributed by atoms with Gasteiger partial charge in [-0.15, -0.1) is 0 Å². The van der Waals surface area contributed by atoms with Gasteiger partial charge in [0.15, 0.2) is 0 Å². The Kier molecular flexibility index (Phi) is 9.68. The lowest BCUT2D eigenvalue weighted by molar-refractivity contribution is 0.425. The van der Waals surface area contributed by atoms with Crippen LogP contribution in [0.5, 0.6) is 0 Å². The van der Waals surface area contributed by atoms with Gasteiger partial charge in [-0.3, -0.25) is 9.97 Å². The van der Waals surface area contributed by atoms with Gasteiger partial charge in [-0.1, -0.05) is 162 Å². The molecule has 2 heterocycles. The van der Waals surface area contributed by atoms with Crippen molar-refractivity contribution in [2.45, 2.75) is 13.8 Å². The molecule has 8 heteroatoms. The number of nitrogens with zero attached hydrogens (tertiary/aromatic N) is 4. The number of hydrogen-bond donors (Lipinski definition) is 2. The summed E-state index contributed by atoms with van der Waals surface area (Å²) in [5.41, 5.74) is 8.51. The normalized spacial score (nSPS) is 11.1. The van der Waals surface area contributed by atoms with Gasteiger partial charge in [0.1, 0.15) is 5.15 Å². The predicted octanol–water partition coefficient (Wildman–Crippen LogP) is 10.2. The molecule has 2 aromatic heterocycles. The summed E-state index contributed by atoms with van der Waals surface area (Å²) in [4.78, 5) is 18.7. The maximum Gasteiger partial charge on any atom is 0.488 e. The number of aryl methyl sites for hydroxylation is 2. The Labute approximate surface area is 317 Å². The molecule has 8 aromatic carbocycles. The first-order valence-electron chi connectivity index (χ1n) is 17.6. The van der Waals surface area contributed by atoms with Gasteiger partial charge in [0.25, 0.3) is 0 Å². The average molecular weight is 721 g/mol. The maximum absolute atomic E-state index is 8.70. The second kappa shape index (κ2) is 15.0. The molecule has 0 spiro atoms. The summed E-state index contributed by atoms with van der Waals surface area (Å²) < 4.78 is 0. The molecule has 0 bridgehead atoms. The Hall–Kier alpha value is -6.25. The van der Waals surface area contributed by atoms with E-state index in [1.165, 1.54) is 27.1 Å². The van der Waals surface area contributed by atoms with Crippen molar-refractivity contribution < 1.29 is 10.0 Å². The molecular weight excluding hydrogens is 687 g/mol. The minimum atomic E-state index is -1.35. The van der Waals surface area contributed by atoms with Crippen molar-refractivity contribution in [2.75, 3.05) is 0 Å². The van der Waals surface area contributed by atoms with Gasteiger partial charge in [0.05, 0.1) is 40.2 Å². The van der Waals surface area contributed by atoms with Crippen LogP contribution >= 0.6 is 11.6 Å². The van der Waals surface area contributed by atoms with E-state index in [2.05, 4.69) is 114 Å². The van der Waals surface area contributed by atoms with E-state index in [0.29, 0.717) is 10.6 Å². The van der Waals surface area contributed by atoms with E-state index in [9.17, 15) is 0 Å². The number of rotatable bonds is 2. The highest BCUT2D eigenvalue weighted by Gasteiger charge is 2.13. The molecule has 260 valence electrons. The van der Waals surface area contributed by atoms with Crippen molar-refractivity contribution in [3.05, 3.63) is 174 Å². The zero-order chi connectivity index (χ0) is 37.2. The van der Waals surface area contributed by atoms with E-state index < -0.39 is 7.12 Å². The van der Waals surface area contributed by atoms with E-state index in [0.717, 1.165) is 60.4 Å². The topological polar surface area (TPSA) is 92.0 Å². The fourth-order valence-electron chi connectivity index (χ4n) is 7.00. The van der Waals surface area contributed by atoms with Crippen LogP contribution in [0.4, 0.5) is 0 Å². The lowest BCUT2D eigenvalue weighted by atomic mass is 9.80. The van der Waals surface area contributed by atoms with Crippen LogP contribution in [0.25, 0.3) is 76.4 Å². The molecule has 0 saturated carbocycles. The van der Waals surface area contributed by atoms with Gasteiger partial charge in [-0.2, -0.15) is 0 Å². The van der Waals surface area contributed by atoms with E-state index in [-0.39, 0.29) is 0 Å². The van der Waals surface area contributed by atoms with Gasteiger partial charge < -0.3 is 10.0 Å². The SMILES string of the molecule is Cc1cccc(-c2cnc3c4ccccc4c4ccccc4c3n2)c1.Cc1cccc(B(O)O)c1.Clc1cnc2c3ccccc3c3ccccc3c2n1. The summed E-state index contributed by atoms with van der Waals surface area (Å²) in [7, 11) is -1.35. The third-order valence-electron chi connectivity index (χ3n) is 9.48. The molecule has 0 aliphatic heterocycles. The molecule has 10 aromatic rings. The van der Waals surface area contributed by atoms with Gasteiger partial charge in [0, 0.05) is 27.1 Å². The largest absolute Gasteiger partial charge is 0.488 e. The van der Waals surface area contributed by atoms with E-state index >= 15 is 0 Å². The maximum atomic E-state index is 8.70. The zero-order valence-corrected chi connectivity index (χ0v) is 30.4. The molecule has 0 fully saturated rings. The zero-order valence-electron chi connectivity index (χ0n) is 29.6. The highest BCUT2D eigenvalue weighted by molar-refractivity contribution is 6.58. The summed E-state index contributed by atoms with van der Waals surface area (Å²) in [6, 6.07) is 48.9. The number of halogens is 1. The highest BCUT2D eigenvalue weighted by Crippen LogP contribution is 2.35. The summed E-state index contributed by atoms with van der Waals surface area (Å²) in [5, 5.41) is 27.2. The average Bonchev–Trinajstić information content (AvgIpc) is 3.21. The monoisotopic (exact) mass is 720 g/mol. The van der Waals surface area contributed by atoms with Crippen LogP contribution in [0.15, 0.2) is 158 Å². The van der Waals surface area contributed by atoms with Gasteiger partial charge in [0.2, 0.25) is 0 Å². The molecule has 0 atom stereocenters. The van der Waals surface area contributed by atoms with Crippen molar-refractivity contribution in [3.63, 3.8) is 0 Å². The Balaban J connectivity index is 0.000000126. The molecular formula is C46H34BClN4O2. The molecule has 0 amide bonds. The van der Waals surface area contributed by atoms with Gasteiger partial charge >= 0.3 is 7.12 Å². The summed E-state index contributed by atoms with van der Waals surface area (Å²) in [6.07, 6.45) is 3.49. The summed E-state index contributed by atoms with van der Waals surface area (Å²) >= 11 is 6.00. The smallest absolute Gasteiger partial charge is 0.423 e. The van der Waals surface area contributed by atoms with Crippen LogP contribution in [0.1, 0.15) is 11.1 Å². The minimum Gasteiger partial charge on any atom is -0.423 e. The lowest BCUT2D eigenvalue weighted by Crippen LogP contribution is -2.29. The third kappa shape index (κ3) is 6.84. The van der Waals surface area contributed by atoms with Crippen LogP contribution < -0.4 is 5.46 Å². The van der Waals surface area contributed by atoms with E-state index in [1.54, 1.807) is 24.4 Å². The number of aromatic nitrogens is 4. The minimum absolute atomic E-state index is 0.424. The molecule has 0 aliphatic carbocycles. The second-order valence-electron chi connectivity index (χ2n) is 13.2. The summed E-state index contributed by atoms with van der Waals surface area (Å²) in [6.45, 7) is 4.01. The number of hydrogen-bond acceptors (Lipinski definition) is 6. The predicted molar refractivity (Wildman–Crippen MR) is 225 cm³/mol. The fraction of sp³-hybridized carbons (Fsp3) is 0.0435. The molecule has 0 unspecified atom stereocenters.